The molecule has 4 nitrogen and oxygen atoms in total. The monoisotopic (exact) mass is 318 g/mol. The number of nitrogens with zero attached hydrogens (tertiary/aromatic N) is 3. The standard InChI is InChI=1S/C16H16ClFN4/c1-11-12(10-20-21-11)2-3-13-9-19-16(17)8-15(13)22-6-4-14(18)5-7-22/h8-10,14H,4-7H2,1H3,(H,20,21). The molecule has 0 atom stereocenters. The predicted octanol–water partition coefficient (Wildman–Crippen LogP) is 3.10. The lowest BCUT2D eigenvalue weighted by molar-refractivity contribution is 0.277. The van der Waals surface area contributed by atoms with Crippen molar-refractivity contribution in [3.63, 3.8) is 0 Å². The van der Waals surface area contributed by atoms with Crippen molar-refractivity contribution < 1.29 is 4.39 Å². The van der Waals surface area contributed by atoms with Gasteiger partial charge in [0.2, 0.25) is 0 Å². The van der Waals surface area contributed by atoms with E-state index >= 15 is 0 Å². The highest BCUT2D eigenvalue weighted by Gasteiger charge is 2.20. The summed E-state index contributed by atoms with van der Waals surface area (Å²) >= 11 is 6.01. The SMILES string of the molecule is Cc1[nH]ncc1C#Cc1cnc(Cl)cc1N1CCC(F)CC1. The van der Waals surface area contributed by atoms with E-state index in [2.05, 4.69) is 31.9 Å². The average Bonchev–Trinajstić information content (AvgIpc) is 2.92. The first kappa shape index (κ1) is 14.9. The summed E-state index contributed by atoms with van der Waals surface area (Å²) in [5, 5.41) is 7.23. The molecule has 0 bridgehead atoms. The van der Waals surface area contributed by atoms with Crippen LogP contribution < -0.4 is 4.90 Å². The van der Waals surface area contributed by atoms with Crippen LogP contribution in [0.2, 0.25) is 5.15 Å². The maximum Gasteiger partial charge on any atom is 0.131 e. The van der Waals surface area contributed by atoms with Gasteiger partial charge in [-0.1, -0.05) is 23.4 Å². The summed E-state index contributed by atoms with van der Waals surface area (Å²) in [6, 6.07) is 1.80. The van der Waals surface area contributed by atoms with Crippen molar-refractivity contribution in [3.05, 3.63) is 40.4 Å². The topological polar surface area (TPSA) is 44.8 Å². The van der Waals surface area contributed by atoms with Crippen molar-refractivity contribution in [1.82, 2.24) is 15.2 Å². The summed E-state index contributed by atoms with van der Waals surface area (Å²) in [5.74, 6) is 6.22. The summed E-state index contributed by atoms with van der Waals surface area (Å²) in [7, 11) is 0. The minimum atomic E-state index is -0.711. The van der Waals surface area contributed by atoms with E-state index in [9.17, 15) is 4.39 Å². The number of pyridine rings is 1. The Morgan fingerprint density at radius 3 is 2.68 bits per heavy atom. The molecule has 0 aromatic carbocycles. The van der Waals surface area contributed by atoms with Crippen LogP contribution in [0.4, 0.5) is 10.1 Å². The maximum atomic E-state index is 13.3. The molecule has 0 unspecified atom stereocenters. The molecule has 22 heavy (non-hydrogen) atoms. The van der Waals surface area contributed by atoms with Crippen LogP contribution in [0.3, 0.4) is 0 Å². The van der Waals surface area contributed by atoms with E-state index in [0.717, 1.165) is 22.5 Å². The number of alkyl halides is 1. The number of aromatic amines is 1. The third-order valence-corrected chi connectivity index (χ3v) is 3.98. The molecule has 0 spiro atoms. The van der Waals surface area contributed by atoms with Gasteiger partial charge in [0.1, 0.15) is 11.3 Å². The molecule has 0 amide bonds. The Kier molecular flexibility index (Phi) is 4.30. The van der Waals surface area contributed by atoms with E-state index < -0.39 is 6.17 Å². The van der Waals surface area contributed by atoms with Gasteiger partial charge in [0.25, 0.3) is 0 Å². The Hall–Kier alpha value is -2.06. The highest BCUT2D eigenvalue weighted by Crippen LogP contribution is 2.26. The van der Waals surface area contributed by atoms with E-state index in [4.69, 9.17) is 11.6 Å². The third kappa shape index (κ3) is 3.23. The highest BCUT2D eigenvalue weighted by molar-refractivity contribution is 6.29. The van der Waals surface area contributed by atoms with Crippen LogP contribution in [-0.4, -0.2) is 34.4 Å². The van der Waals surface area contributed by atoms with Gasteiger partial charge >= 0.3 is 0 Å². The second kappa shape index (κ2) is 6.37. The smallest absolute Gasteiger partial charge is 0.131 e. The molecule has 2 aromatic rings. The minimum Gasteiger partial charge on any atom is -0.370 e. The van der Waals surface area contributed by atoms with Crippen molar-refractivity contribution in [1.29, 1.82) is 0 Å². The molecule has 0 aliphatic carbocycles. The van der Waals surface area contributed by atoms with Crippen LogP contribution in [0.25, 0.3) is 0 Å². The normalized spacial score (nSPS) is 15.5. The molecule has 6 heteroatoms. The van der Waals surface area contributed by atoms with Gasteiger partial charge in [0.15, 0.2) is 0 Å². The van der Waals surface area contributed by atoms with Gasteiger partial charge in [0, 0.05) is 31.0 Å². The Bertz CT molecular complexity index is 723. The van der Waals surface area contributed by atoms with Gasteiger partial charge in [-0.25, -0.2) is 9.37 Å². The fraction of sp³-hybridized carbons (Fsp3) is 0.375. The molecule has 3 heterocycles. The lowest BCUT2D eigenvalue weighted by atomic mass is 10.1. The zero-order valence-electron chi connectivity index (χ0n) is 12.2. The van der Waals surface area contributed by atoms with Gasteiger partial charge in [-0.3, -0.25) is 5.10 Å². The Morgan fingerprint density at radius 2 is 2.00 bits per heavy atom. The van der Waals surface area contributed by atoms with Gasteiger partial charge in [0.05, 0.1) is 23.0 Å². The lowest BCUT2D eigenvalue weighted by Crippen LogP contribution is -2.34. The molecular formula is C16H16ClFN4. The van der Waals surface area contributed by atoms with E-state index in [1.54, 1.807) is 18.5 Å². The highest BCUT2D eigenvalue weighted by atomic mass is 35.5. The summed E-state index contributed by atoms with van der Waals surface area (Å²) in [4.78, 5) is 6.23. The fourth-order valence-corrected chi connectivity index (χ4v) is 2.63. The first-order valence-electron chi connectivity index (χ1n) is 7.20. The van der Waals surface area contributed by atoms with E-state index in [-0.39, 0.29) is 0 Å². The van der Waals surface area contributed by atoms with Gasteiger partial charge in [-0.15, -0.1) is 0 Å². The molecule has 114 valence electrons. The number of rotatable bonds is 1. The van der Waals surface area contributed by atoms with Crippen LogP contribution in [0, 0.1) is 18.8 Å². The second-order valence-electron chi connectivity index (χ2n) is 5.34. The summed E-state index contributed by atoms with van der Waals surface area (Å²) < 4.78 is 13.3. The van der Waals surface area contributed by atoms with Crippen LogP contribution in [0.5, 0.6) is 0 Å². The molecule has 2 aromatic heterocycles. The third-order valence-electron chi connectivity index (χ3n) is 3.78. The fourth-order valence-electron chi connectivity index (χ4n) is 2.48. The number of aryl methyl sites for hydroxylation is 1. The van der Waals surface area contributed by atoms with E-state index in [0.29, 0.717) is 31.1 Å². The van der Waals surface area contributed by atoms with Crippen molar-refractivity contribution in [2.24, 2.45) is 0 Å². The molecular weight excluding hydrogens is 303 g/mol. The van der Waals surface area contributed by atoms with Crippen molar-refractivity contribution in [2.45, 2.75) is 25.9 Å². The van der Waals surface area contributed by atoms with Crippen molar-refractivity contribution in [3.8, 4) is 11.8 Å². The molecule has 0 radical (unpaired) electrons. The van der Waals surface area contributed by atoms with Crippen LogP contribution in [0.15, 0.2) is 18.5 Å². The Labute approximate surface area is 133 Å². The average molecular weight is 319 g/mol. The lowest BCUT2D eigenvalue weighted by Gasteiger charge is -2.31. The number of H-pyrrole nitrogens is 1. The number of hydrogen-bond donors (Lipinski definition) is 1. The number of hydrogen-bond acceptors (Lipinski definition) is 3. The number of aromatic nitrogens is 3. The summed E-state index contributed by atoms with van der Waals surface area (Å²) in [5.41, 5.74) is 3.49. The second-order valence-corrected chi connectivity index (χ2v) is 5.73. The number of nitrogens with one attached hydrogen (secondary N) is 1. The molecule has 1 aliphatic heterocycles. The Balaban J connectivity index is 1.91. The zero-order valence-corrected chi connectivity index (χ0v) is 13.0. The Morgan fingerprint density at radius 1 is 1.27 bits per heavy atom. The molecule has 1 fully saturated rings. The molecule has 1 saturated heterocycles. The van der Waals surface area contributed by atoms with Crippen LogP contribution >= 0.6 is 11.6 Å². The van der Waals surface area contributed by atoms with Gasteiger partial charge < -0.3 is 4.90 Å². The van der Waals surface area contributed by atoms with Crippen molar-refractivity contribution >= 4 is 17.3 Å². The number of halogens is 2. The van der Waals surface area contributed by atoms with E-state index in [1.807, 2.05) is 6.92 Å². The van der Waals surface area contributed by atoms with E-state index in [1.165, 1.54) is 0 Å². The van der Waals surface area contributed by atoms with Crippen LogP contribution in [0.1, 0.15) is 29.7 Å². The number of anilines is 1. The largest absolute Gasteiger partial charge is 0.370 e. The van der Waals surface area contributed by atoms with Crippen LogP contribution in [-0.2, 0) is 0 Å². The van der Waals surface area contributed by atoms with Crippen molar-refractivity contribution in [2.75, 3.05) is 18.0 Å². The molecule has 3 rings (SSSR count). The first-order chi connectivity index (χ1) is 10.6. The maximum absolute atomic E-state index is 13.3. The van der Waals surface area contributed by atoms with Gasteiger partial charge in [-0.05, 0) is 19.8 Å². The first-order valence-corrected chi connectivity index (χ1v) is 7.58. The molecule has 1 aliphatic rings. The summed E-state index contributed by atoms with van der Waals surface area (Å²) in [6.45, 7) is 3.26. The quantitative estimate of drug-likeness (QED) is 0.649. The summed E-state index contributed by atoms with van der Waals surface area (Å²) in [6.07, 6.45) is 3.72. The number of piperidine rings is 1. The molecule has 0 saturated carbocycles. The molecule has 1 N–H and O–H groups in total. The predicted molar refractivity (Wildman–Crippen MR) is 84.9 cm³/mol. The van der Waals surface area contributed by atoms with Gasteiger partial charge in [-0.2, -0.15) is 5.10 Å². The zero-order chi connectivity index (χ0) is 15.5. The minimum absolute atomic E-state index is 0.419.